The molecule has 0 saturated carbocycles. The van der Waals surface area contributed by atoms with E-state index in [1.54, 1.807) is 24.3 Å². The van der Waals surface area contributed by atoms with Crippen molar-refractivity contribution in [3.05, 3.63) is 67.6 Å². The molecule has 0 bridgehead atoms. The van der Waals surface area contributed by atoms with Crippen molar-refractivity contribution in [2.24, 2.45) is 0 Å². The van der Waals surface area contributed by atoms with Crippen LogP contribution in [-0.4, -0.2) is 0 Å². The second-order valence-corrected chi connectivity index (χ2v) is 5.31. The fraction of sp³-hybridized carbons (Fsp3) is 0. The molecule has 2 aromatic carbocycles. The van der Waals surface area contributed by atoms with Crippen LogP contribution < -0.4 is 0 Å². The van der Waals surface area contributed by atoms with E-state index in [0.717, 1.165) is 11.1 Å². The summed E-state index contributed by atoms with van der Waals surface area (Å²) in [6.07, 6.45) is 3.86. The van der Waals surface area contributed by atoms with E-state index >= 15 is 0 Å². The van der Waals surface area contributed by atoms with Gasteiger partial charge in [-0.1, -0.05) is 70.7 Å². The van der Waals surface area contributed by atoms with Gasteiger partial charge in [-0.05, 0) is 35.4 Å². The molecule has 2 aromatic rings. The molecule has 0 atom stereocenters. The molecule has 0 unspecified atom stereocenters. The Bertz CT molecular complexity index is 549. The van der Waals surface area contributed by atoms with Crippen LogP contribution in [0.25, 0.3) is 12.2 Å². The second kappa shape index (κ2) is 5.99. The first kappa shape index (κ1) is 13.8. The maximum absolute atomic E-state index is 5.94. The maximum atomic E-state index is 5.94. The zero-order valence-electron chi connectivity index (χ0n) is 9.13. The summed E-state index contributed by atoms with van der Waals surface area (Å²) in [5.41, 5.74) is 1.94. The first-order valence-electron chi connectivity index (χ1n) is 5.14. The van der Waals surface area contributed by atoms with Crippen LogP contribution in [0.2, 0.25) is 20.1 Å². The lowest BCUT2D eigenvalue weighted by atomic mass is 10.1. The van der Waals surface area contributed by atoms with Crippen LogP contribution in [0.4, 0.5) is 0 Å². The lowest BCUT2D eigenvalue weighted by molar-refractivity contribution is 1.64. The summed E-state index contributed by atoms with van der Waals surface area (Å²) >= 11 is 23.6. The molecule has 0 saturated heterocycles. The van der Waals surface area contributed by atoms with E-state index in [1.807, 2.05) is 24.3 Å². The molecule has 0 amide bonds. The molecular weight excluding hydrogens is 310 g/mol. The van der Waals surface area contributed by atoms with E-state index in [0.29, 0.717) is 20.1 Å². The third kappa shape index (κ3) is 3.43. The highest BCUT2D eigenvalue weighted by Gasteiger charge is 1.98. The molecule has 92 valence electrons. The van der Waals surface area contributed by atoms with Crippen molar-refractivity contribution in [1.82, 2.24) is 0 Å². The zero-order chi connectivity index (χ0) is 13.1. The van der Waals surface area contributed by atoms with Gasteiger partial charge < -0.3 is 0 Å². The van der Waals surface area contributed by atoms with Crippen molar-refractivity contribution < 1.29 is 0 Å². The van der Waals surface area contributed by atoms with Crippen molar-refractivity contribution in [3.63, 3.8) is 0 Å². The summed E-state index contributed by atoms with van der Waals surface area (Å²) < 4.78 is 0. The molecule has 0 fully saturated rings. The van der Waals surface area contributed by atoms with Gasteiger partial charge in [-0.3, -0.25) is 0 Å². The second-order valence-electron chi connectivity index (χ2n) is 3.68. The van der Waals surface area contributed by atoms with E-state index in [4.69, 9.17) is 46.4 Å². The highest BCUT2D eigenvalue weighted by Crippen LogP contribution is 2.25. The fourth-order valence-electron chi connectivity index (χ4n) is 1.42. The van der Waals surface area contributed by atoms with Crippen LogP contribution in [0.1, 0.15) is 11.1 Å². The van der Waals surface area contributed by atoms with E-state index in [2.05, 4.69) is 0 Å². The summed E-state index contributed by atoms with van der Waals surface area (Å²) in [6, 6.07) is 10.9. The Hall–Kier alpha value is -0.660. The third-order valence-electron chi connectivity index (χ3n) is 2.36. The topological polar surface area (TPSA) is 0 Å². The molecule has 0 aliphatic rings. The smallest absolute Gasteiger partial charge is 0.0598 e. The molecule has 0 aliphatic heterocycles. The van der Waals surface area contributed by atoms with Gasteiger partial charge in [-0.15, -0.1) is 0 Å². The van der Waals surface area contributed by atoms with Crippen molar-refractivity contribution in [1.29, 1.82) is 0 Å². The monoisotopic (exact) mass is 316 g/mol. The molecule has 2 rings (SSSR count). The number of hydrogen-bond acceptors (Lipinski definition) is 0. The molecule has 0 aliphatic carbocycles. The van der Waals surface area contributed by atoms with Crippen molar-refractivity contribution in [3.8, 4) is 0 Å². The minimum absolute atomic E-state index is 0.535. The Morgan fingerprint density at radius 1 is 0.556 bits per heavy atom. The largest absolute Gasteiger partial charge is 0.0827 e. The van der Waals surface area contributed by atoms with Gasteiger partial charge in [0.15, 0.2) is 0 Å². The van der Waals surface area contributed by atoms with Crippen LogP contribution in [0.15, 0.2) is 36.4 Å². The van der Waals surface area contributed by atoms with Crippen LogP contribution in [0.3, 0.4) is 0 Å². The van der Waals surface area contributed by atoms with Crippen LogP contribution in [0, 0.1) is 0 Å². The maximum Gasteiger partial charge on any atom is 0.0598 e. The van der Waals surface area contributed by atoms with E-state index in [1.165, 1.54) is 0 Å². The molecule has 4 heteroatoms. The number of halogens is 4. The predicted octanol–water partition coefficient (Wildman–Crippen LogP) is 6.47. The lowest BCUT2D eigenvalue weighted by Crippen LogP contribution is -1.76. The average Bonchev–Trinajstić information content (AvgIpc) is 2.35. The Balaban J connectivity index is 2.24. The lowest BCUT2D eigenvalue weighted by Gasteiger charge is -1.99. The van der Waals surface area contributed by atoms with Crippen LogP contribution >= 0.6 is 46.4 Å². The summed E-state index contributed by atoms with van der Waals surface area (Å²) in [4.78, 5) is 0. The molecule has 0 radical (unpaired) electrons. The molecule has 0 spiro atoms. The number of hydrogen-bond donors (Lipinski definition) is 0. The van der Waals surface area contributed by atoms with Crippen molar-refractivity contribution in [2.75, 3.05) is 0 Å². The Kier molecular flexibility index (Phi) is 4.58. The van der Waals surface area contributed by atoms with Gasteiger partial charge in [0.2, 0.25) is 0 Å². The highest BCUT2D eigenvalue weighted by atomic mass is 35.5. The Morgan fingerprint density at radius 2 is 0.944 bits per heavy atom. The van der Waals surface area contributed by atoms with E-state index < -0.39 is 0 Å². The van der Waals surface area contributed by atoms with Gasteiger partial charge in [0, 0.05) is 0 Å². The summed E-state index contributed by atoms with van der Waals surface area (Å²) in [5.74, 6) is 0. The normalized spacial score (nSPS) is 11.1. The average molecular weight is 318 g/mol. The minimum atomic E-state index is 0.535. The first-order valence-corrected chi connectivity index (χ1v) is 6.65. The zero-order valence-corrected chi connectivity index (χ0v) is 12.2. The fourth-order valence-corrected chi connectivity index (χ4v) is 2.04. The Morgan fingerprint density at radius 3 is 1.28 bits per heavy atom. The highest BCUT2D eigenvalue weighted by molar-refractivity contribution is 6.42. The number of benzene rings is 2. The summed E-state index contributed by atoms with van der Waals surface area (Å²) in [7, 11) is 0. The summed E-state index contributed by atoms with van der Waals surface area (Å²) in [6.45, 7) is 0. The number of rotatable bonds is 2. The SMILES string of the molecule is Clc1ccc(/C=C/c2ccc(Cl)c(Cl)c2)cc1Cl. The van der Waals surface area contributed by atoms with Gasteiger partial charge in [0.1, 0.15) is 0 Å². The quantitative estimate of drug-likeness (QED) is 0.557. The van der Waals surface area contributed by atoms with Crippen molar-refractivity contribution >= 4 is 58.6 Å². The predicted molar refractivity (Wildman–Crippen MR) is 81.9 cm³/mol. The third-order valence-corrected chi connectivity index (χ3v) is 3.83. The summed E-state index contributed by atoms with van der Waals surface area (Å²) in [5, 5.41) is 2.16. The van der Waals surface area contributed by atoms with Crippen LogP contribution in [0.5, 0.6) is 0 Å². The standard InChI is InChI=1S/C14H8Cl4/c15-11-5-3-9(7-13(11)17)1-2-10-4-6-12(16)14(18)8-10/h1-8H/b2-1+. The van der Waals surface area contributed by atoms with Gasteiger partial charge >= 0.3 is 0 Å². The van der Waals surface area contributed by atoms with Crippen LogP contribution in [-0.2, 0) is 0 Å². The van der Waals surface area contributed by atoms with Gasteiger partial charge in [0.25, 0.3) is 0 Å². The van der Waals surface area contributed by atoms with Gasteiger partial charge in [0.05, 0.1) is 20.1 Å². The first-order chi connectivity index (χ1) is 8.56. The molecule has 0 N–H and O–H groups in total. The van der Waals surface area contributed by atoms with E-state index in [9.17, 15) is 0 Å². The van der Waals surface area contributed by atoms with E-state index in [-0.39, 0.29) is 0 Å². The molecule has 0 heterocycles. The van der Waals surface area contributed by atoms with Crippen molar-refractivity contribution in [2.45, 2.75) is 0 Å². The van der Waals surface area contributed by atoms with Gasteiger partial charge in [-0.25, -0.2) is 0 Å². The van der Waals surface area contributed by atoms with Gasteiger partial charge in [-0.2, -0.15) is 0 Å². The minimum Gasteiger partial charge on any atom is -0.0827 e. The molecular formula is C14H8Cl4. The molecule has 0 nitrogen and oxygen atoms in total. The molecule has 18 heavy (non-hydrogen) atoms. The Labute approximate surface area is 126 Å². The molecule has 0 aromatic heterocycles.